The molecule has 0 bridgehead atoms. The maximum Gasteiger partial charge on any atom is 0.319 e. The lowest BCUT2D eigenvalue weighted by atomic mass is 10.0. The highest BCUT2D eigenvalue weighted by molar-refractivity contribution is 5.90. The number of para-hydroxylation sites is 1. The molecule has 0 radical (unpaired) electrons. The van der Waals surface area contributed by atoms with E-state index in [-0.39, 0.29) is 24.4 Å². The Morgan fingerprint density at radius 2 is 1.47 bits per heavy atom. The number of hydrogen-bond donors (Lipinski definition) is 3. The van der Waals surface area contributed by atoms with Gasteiger partial charge in [0.25, 0.3) is 0 Å². The van der Waals surface area contributed by atoms with Crippen LogP contribution in [0.15, 0.2) is 84.9 Å². The first kappa shape index (κ1) is 25.3. The summed E-state index contributed by atoms with van der Waals surface area (Å²) in [6.45, 7) is 3.70. The third-order valence-corrected chi connectivity index (χ3v) is 6.13. The van der Waals surface area contributed by atoms with Gasteiger partial charge in [-0.15, -0.1) is 0 Å². The molecule has 3 aromatic rings. The van der Waals surface area contributed by atoms with Gasteiger partial charge in [0.1, 0.15) is 11.5 Å². The number of rotatable bonds is 11. The van der Waals surface area contributed by atoms with Crippen molar-refractivity contribution in [1.82, 2.24) is 15.5 Å². The fraction of sp³-hybridized carbons (Fsp3) is 0.310. The highest BCUT2D eigenvalue weighted by atomic mass is 16.5. The Morgan fingerprint density at radius 1 is 0.833 bits per heavy atom. The maximum atomic E-state index is 12.8. The molecule has 1 aliphatic heterocycles. The van der Waals surface area contributed by atoms with Crippen LogP contribution in [0.1, 0.15) is 24.8 Å². The van der Waals surface area contributed by atoms with Crippen LogP contribution in [0.4, 0.5) is 10.5 Å². The molecule has 7 nitrogen and oxygen atoms in total. The van der Waals surface area contributed by atoms with Gasteiger partial charge >= 0.3 is 6.03 Å². The second-order valence-corrected chi connectivity index (χ2v) is 9.03. The fourth-order valence-corrected chi connectivity index (χ4v) is 4.31. The number of nitrogens with one attached hydrogen (secondary N) is 3. The van der Waals surface area contributed by atoms with E-state index >= 15 is 0 Å². The minimum absolute atomic E-state index is 0.0576. The molecule has 3 amide bonds. The van der Waals surface area contributed by atoms with Crippen LogP contribution >= 0.6 is 0 Å². The minimum Gasteiger partial charge on any atom is -0.457 e. The average molecular weight is 487 g/mol. The van der Waals surface area contributed by atoms with Crippen molar-refractivity contribution in [3.8, 4) is 11.5 Å². The first-order valence-corrected chi connectivity index (χ1v) is 12.6. The standard InChI is InChI=1S/C29H34N4O3/c34-28(30-17-20-33-18-7-8-19-33)22-25(21-23-9-3-1-4-10-23)32-29(35)31-24-13-15-27(16-14-24)36-26-11-5-2-6-12-26/h1-6,9-16,25H,7-8,17-22H2,(H,30,34)(H2,31,32,35). The third kappa shape index (κ3) is 8.43. The SMILES string of the molecule is O=C(CC(Cc1ccccc1)NC(=O)Nc1ccc(Oc2ccccc2)cc1)NCCN1CCCC1. The highest BCUT2D eigenvalue weighted by Crippen LogP contribution is 2.22. The van der Waals surface area contributed by atoms with E-state index in [0.29, 0.717) is 24.4 Å². The maximum absolute atomic E-state index is 12.8. The second kappa shape index (κ2) is 13.3. The van der Waals surface area contributed by atoms with Crippen molar-refractivity contribution in [2.45, 2.75) is 31.7 Å². The summed E-state index contributed by atoms with van der Waals surface area (Å²) >= 11 is 0. The number of benzene rings is 3. The first-order valence-electron chi connectivity index (χ1n) is 12.6. The number of ether oxygens (including phenoxy) is 1. The number of amides is 3. The van der Waals surface area contributed by atoms with Gasteiger partial charge in [0.2, 0.25) is 5.91 Å². The first-order chi connectivity index (χ1) is 17.6. The zero-order chi connectivity index (χ0) is 25.0. The fourth-order valence-electron chi connectivity index (χ4n) is 4.31. The van der Waals surface area contributed by atoms with Gasteiger partial charge in [-0.1, -0.05) is 48.5 Å². The summed E-state index contributed by atoms with van der Waals surface area (Å²) in [7, 11) is 0. The number of carbonyl (C=O) groups is 2. The number of nitrogens with zero attached hydrogens (tertiary/aromatic N) is 1. The zero-order valence-corrected chi connectivity index (χ0v) is 20.5. The van der Waals surface area contributed by atoms with Crippen LogP contribution in [0, 0.1) is 0 Å². The Morgan fingerprint density at radius 3 is 2.17 bits per heavy atom. The highest BCUT2D eigenvalue weighted by Gasteiger charge is 2.18. The van der Waals surface area contributed by atoms with E-state index in [0.717, 1.165) is 30.9 Å². The van der Waals surface area contributed by atoms with E-state index in [1.54, 1.807) is 24.3 Å². The Hall–Kier alpha value is -3.84. The summed E-state index contributed by atoms with van der Waals surface area (Å²) < 4.78 is 5.80. The lowest BCUT2D eigenvalue weighted by Crippen LogP contribution is -2.43. The van der Waals surface area contributed by atoms with E-state index in [9.17, 15) is 9.59 Å². The molecule has 1 atom stereocenters. The number of anilines is 1. The van der Waals surface area contributed by atoms with Crippen LogP contribution in [-0.2, 0) is 11.2 Å². The summed E-state index contributed by atoms with van der Waals surface area (Å²) in [5.41, 5.74) is 1.71. The smallest absolute Gasteiger partial charge is 0.319 e. The summed E-state index contributed by atoms with van der Waals surface area (Å²) in [4.78, 5) is 27.8. The van der Waals surface area contributed by atoms with Gasteiger partial charge in [0, 0.05) is 31.2 Å². The van der Waals surface area contributed by atoms with E-state index < -0.39 is 0 Å². The van der Waals surface area contributed by atoms with E-state index in [1.807, 2.05) is 60.7 Å². The van der Waals surface area contributed by atoms with Crippen molar-refractivity contribution in [3.05, 3.63) is 90.5 Å². The Bertz CT molecular complexity index is 1080. The Kier molecular flexibility index (Phi) is 9.33. The molecule has 1 fully saturated rings. The predicted octanol–water partition coefficient (Wildman–Crippen LogP) is 4.81. The molecule has 0 aromatic heterocycles. The van der Waals surface area contributed by atoms with Gasteiger partial charge in [-0.3, -0.25) is 4.79 Å². The third-order valence-electron chi connectivity index (χ3n) is 6.13. The van der Waals surface area contributed by atoms with Crippen LogP contribution < -0.4 is 20.7 Å². The molecular weight excluding hydrogens is 452 g/mol. The van der Waals surface area contributed by atoms with Gasteiger partial charge < -0.3 is 25.6 Å². The van der Waals surface area contributed by atoms with Crippen LogP contribution in [0.25, 0.3) is 0 Å². The van der Waals surface area contributed by atoms with E-state index in [1.165, 1.54) is 12.8 Å². The number of likely N-dealkylation sites (tertiary alicyclic amines) is 1. The molecule has 0 saturated carbocycles. The normalized spacial score (nSPS) is 14.1. The lowest BCUT2D eigenvalue weighted by molar-refractivity contribution is -0.121. The van der Waals surface area contributed by atoms with Crippen LogP contribution in [0.5, 0.6) is 11.5 Å². The molecule has 3 aromatic carbocycles. The average Bonchev–Trinajstić information content (AvgIpc) is 3.40. The molecule has 0 spiro atoms. The predicted molar refractivity (Wildman–Crippen MR) is 142 cm³/mol. The molecule has 1 saturated heterocycles. The van der Waals surface area contributed by atoms with E-state index in [4.69, 9.17) is 4.74 Å². The monoisotopic (exact) mass is 486 g/mol. The van der Waals surface area contributed by atoms with Gasteiger partial charge in [0.15, 0.2) is 0 Å². The van der Waals surface area contributed by atoms with Crippen molar-refractivity contribution >= 4 is 17.6 Å². The molecule has 188 valence electrons. The topological polar surface area (TPSA) is 82.7 Å². The van der Waals surface area contributed by atoms with Crippen molar-refractivity contribution in [2.24, 2.45) is 0 Å². The Balaban J connectivity index is 1.29. The molecule has 1 heterocycles. The van der Waals surface area contributed by atoms with Gasteiger partial charge in [-0.25, -0.2) is 4.79 Å². The van der Waals surface area contributed by atoms with Crippen LogP contribution in [0.3, 0.4) is 0 Å². The minimum atomic E-state index is -0.350. The van der Waals surface area contributed by atoms with Crippen LogP contribution in [-0.4, -0.2) is 49.1 Å². The number of hydrogen-bond acceptors (Lipinski definition) is 4. The summed E-state index contributed by atoms with van der Waals surface area (Å²) in [6, 6.07) is 25.9. The molecule has 1 aliphatic rings. The zero-order valence-electron chi connectivity index (χ0n) is 20.5. The van der Waals surface area contributed by atoms with Gasteiger partial charge in [0.05, 0.1) is 0 Å². The largest absolute Gasteiger partial charge is 0.457 e. The molecule has 36 heavy (non-hydrogen) atoms. The summed E-state index contributed by atoms with van der Waals surface area (Å²) in [6.07, 6.45) is 3.24. The van der Waals surface area contributed by atoms with Crippen LogP contribution in [0.2, 0.25) is 0 Å². The lowest BCUT2D eigenvalue weighted by Gasteiger charge is -2.20. The van der Waals surface area contributed by atoms with Gasteiger partial charge in [-0.05, 0) is 74.3 Å². The molecular formula is C29H34N4O3. The van der Waals surface area contributed by atoms with Gasteiger partial charge in [-0.2, -0.15) is 0 Å². The summed E-state index contributed by atoms with van der Waals surface area (Å²) in [5.74, 6) is 1.37. The number of urea groups is 1. The molecule has 7 heteroatoms. The molecule has 4 rings (SSSR count). The van der Waals surface area contributed by atoms with Crippen molar-refractivity contribution in [1.29, 1.82) is 0 Å². The second-order valence-electron chi connectivity index (χ2n) is 9.03. The van der Waals surface area contributed by atoms with Crippen molar-refractivity contribution < 1.29 is 14.3 Å². The van der Waals surface area contributed by atoms with Crippen molar-refractivity contribution in [3.63, 3.8) is 0 Å². The van der Waals surface area contributed by atoms with E-state index in [2.05, 4.69) is 20.9 Å². The number of carbonyl (C=O) groups excluding carboxylic acids is 2. The molecule has 3 N–H and O–H groups in total. The Labute approximate surface area is 212 Å². The molecule has 1 unspecified atom stereocenters. The summed E-state index contributed by atoms with van der Waals surface area (Å²) in [5, 5.41) is 8.85. The molecule has 0 aliphatic carbocycles. The van der Waals surface area contributed by atoms with Crippen molar-refractivity contribution in [2.75, 3.05) is 31.5 Å². The quantitative estimate of drug-likeness (QED) is 0.363.